The van der Waals surface area contributed by atoms with Crippen molar-refractivity contribution in [2.24, 2.45) is 0 Å². The molecule has 0 unspecified atom stereocenters. The van der Waals surface area contributed by atoms with E-state index in [4.69, 9.17) is 0 Å². The number of thiophene rings is 1. The summed E-state index contributed by atoms with van der Waals surface area (Å²) in [4.78, 5) is 27.8. The average Bonchev–Trinajstić information content (AvgIpc) is 2.82. The van der Waals surface area contributed by atoms with Crippen LogP contribution >= 0.6 is 11.3 Å². The number of aromatic amines is 1. The lowest BCUT2D eigenvalue weighted by molar-refractivity contribution is 0.101. The molecule has 2 rings (SSSR count). The predicted molar refractivity (Wildman–Crippen MR) is 69.0 cm³/mol. The second-order valence-corrected chi connectivity index (χ2v) is 5.29. The topological polar surface area (TPSA) is 49.9 Å². The van der Waals surface area contributed by atoms with Crippen molar-refractivity contribution in [2.45, 2.75) is 20.8 Å². The summed E-state index contributed by atoms with van der Waals surface area (Å²) in [7, 11) is 0. The fraction of sp³-hybridized carbons (Fsp3) is 0.231. The van der Waals surface area contributed by atoms with Crippen LogP contribution in [0.4, 0.5) is 0 Å². The van der Waals surface area contributed by atoms with Gasteiger partial charge in [-0.05, 0) is 31.5 Å². The Balaban J connectivity index is 2.65. The van der Waals surface area contributed by atoms with E-state index in [9.17, 15) is 9.59 Å². The van der Waals surface area contributed by atoms with Crippen molar-refractivity contribution < 1.29 is 9.59 Å². The number of H-pyrrole nitrogens is 1. The normalized spacial score (nSPS) is 10.5. The maximum absolute atomic E-state index is 11.4. The van der Waals surface area contributed by atoms with Crippen molar-refractivity contribution in [1.82, 2.24) is 4.98 Å². The quantitative estimate of drug-likeness (QED) is 0.667. The molecule has 0 atom stereocenters. The summed E-state index contributed by atoms with van der Waals surface area (Å²) in [5.74, 6) is -0.0508. The lowest BCUT2D eigenvalue weighted by Gasteiger charge is -1.94. The first-order chi connectivity index (χ1) is 8.04. The second-order valence-electron chi connectivity index (χ2n) is 4.00. The summed E-state index contributed by atoms with van der Waals surface area (Å²) in [5, 5.41) is 0. The zero-order chi connectivity index (χ0) is 12.6. The molecule has 0 amide bonds. The molecule has 0 aliphatic heterocycles. The van der Waals surface area contributed by atoms with Gasteiger partial charge < -0.3 is 4.98 Å². The standard InChI is InChI=1S/C13H13NO2S/c1-7-4-5-11(17-7)13-10(6-15)8(2)12(14-13)9(3)16/h4-6,14H,1-3H3. The summed E-state index contributed by atoms with van der Waals surface area (Å²) < 4.78 is 0. The van der Waals surface area contributed by atoms with Gasteiger partial charge in [0.1, 0.15) is 0 Å². The highest BCUT2D eigenvalue weighted by molar-refractivity contribution is 7.15. The number of ketones is 1. The van der Waals surface area contributed by atoms with Crippen molar-refractivity contribution in [3.8, 4) is 10.6 Å². The minimum absolute atomic E-state index is 0.0508. The summed E-state index contributed by atoms with van der Waals surface area (Å²) in [6, 6.07) is 3.96. The number of aromatic nitrogens is 1. The van der Waals surface area contributed by atoms with Crippen molar-refractivity contribution in [3.63, 3.8) is 0 Å². The molecule has 0 saturated carbocycles. The van der Waals surface area contributed by atoms with Gasteiger partial charge in [-0.2, -0.15) is 0 Å². The molecule has 0 spiro atoms. The number of nitrogens with one attached hydrogen (secondary N) is 1. The smallest absolute Gasteiger partial charge is 0.176 e. The van der Waals surface area contributed by atoms with Crippen molar-refractivity contribution in [1.29, 1.82) is 0 Å². The third kappa shape index (κ3) is 1.96. The number of aldehydes is 1. The molecule has 2 aromatic rings. The maximum Gasteiger partial charge on any atom is 0.176 e. The van der Waals surface area contributed by atoms with Gasteiger partial charge in [0, 0.05) is 17.4 Å². The molecule has 0 aliphatic carbocycles. The molecule has 1 N–H and O–H groups in total. The highest BCUT2D eigenvalue weighted by atomic mass is 32.1. The van der Waals surface area contributed by atoms with Crippen LogP contribution in [0.25, 0.3) is 10.6 Å². The summed E-state index contributed by atoms with van der Waals surface area (Å²) in [6.07, 6.45) is 0.808. The molecular weight excluding hydrogens is 234 g/mol. The Morgan fingerprint density at radius 3 is 2.53 bits per heavy atom. The SMILES string of the molecule is CC(=O)c1[nH]c(-c2ccc(C)s2)c(C=O)c1C. The number of carbonyl (C=O) groups is 2. The zero-order valence-corrected chi connectivity index (χ0v) is 10.8. The summed E-state index contributed by atoms with van der Waals surface area (Å²) in [6.45, 7) is 5.30. The van der Waals surface area contributed by atoms with Gasteiger partial charge in [0.2, 0.25) is 0 Å². The van der Waals surface area contributed by atoms with Gasteiger partial charge in [0.05, 0.1) is 16.3 Å². The molecule has 2 aromatic heterocycles. The molecule has 0 aliphatic rings. The van der Waals surface area contributed by atoms with E-state index in [1.54, 1.807) is 18.3 Å². The Bertz CT molecular complexity index is 593. The van der Waals surface area contributed by atoms with Gasteiger partial charge >= 0.3 is 0 Å². The number of hydrogen-bond donors (Lipinski definition) is 1. The number of hydrogen-bond acceptors (Lipinski definition) is 3. The second kappa shape index (κ2) is 4.30. The molecule has 0 bridgehead atoms. The largest absolute Gasteiger partial charge is 0.351 e. The first kappa shape index (κ1) is 11.8. The Morgan fingerprint density at radius 2 is 2.06 bits per heavy atom. The molecule has 0 aromatic carbocycles. The molecular formula is C13H13NO2S. The Labute approximate surface area is 103 Å². The molecule has 88 valence electrons. The highest BCUT2D eigenvalue weighted by Gasteiger charge is 2.18. The van der Waals surface area contributed by atoms with Crippen LogP contribution in [0.2, 0.25) is 0 Å². The van der Waals surface area contributed by atoms with E-state index >= 15 is 0 Å². The Kier molecular flexibility index (Phi) is 2.98. The number of rotatable bonds is 3. The van der Waals surface area contributed by atoms with Gasteiger partial charge in [0.25, 0.3) is 0 Å². The van der Waals surface area contributed by atoms with Gasteiger partial charge in [-0.1, -0.05) is 0 Å². The first-order valence-corrected chi connectivity index (χ1v) is 6.11. The van der Waals surface area contributed by atoms with Crippen LogP contribution < -0.4 is 0 Å². The third-order valence-electron chi connectivity index (χ3n) is 2.76. The molecule has 0 fully saturated rings. The molecule has 4 heteroatoms. The number of carbonyl (C=O) groups excluding carboxylic acids is 2. The van der Waals surface area contributed by atoms with Gasteiger partial charge in [-0.15, -0.1) is 11.3 Å². The van der Waals surface area contributed by atoms with E-state index < -0.39 is 0 Å². The fourth-order valence-electron chi connectivity index (χ4n) is 1.87. The lowest BCUT2D eigenvalue weighted by atomic mass is 10.1. The predicted octanol–water partition coefficient (Wildman–Crippen LogP) is 3.38. The van der Waals surface area contributed by atoms with Crippen LogP contribution in [0.5, 0.6) is 0 Å². The Hall–Kier alpha value is -1.68. The van der Waals surface area contributed by atoms with Crippen LogP contribution in [0.3, 0.4) is 0 Å². The molecule has 17 heavy (non-hydrogen) atoms. The van der Waals surface area contributed by atoms with Gasteiger partial charge in [-0.3, -0.25) is 9.59 Å². The molecule has 3 nitrogen and oxygen atoms in total. The van der Waals surface area contributed by atoms with E-state index in [1.807, 2.05) is 19.1 Å². The minimum atomic E-state index is -0.0508. The average molecular weight is 247 g/mol. The van der Waals surface area contributed by atoms with E-state index in [0.29, 0.717) is 11.3 Å². The van der Waals surface area contributed by atoms with Crippen molar-refractivity contribution >= 4 is 23.4 Å². The van der Waals surface area contributed by atoms with Gasteiger partial charge in [0.15, 0.2) is 12.1 Å². The monoisotopic (exact) mass is 247 g/mol. The Morgan fingerprint density at radius 1 is 1.35 bits per heavy atom. The van der Waals surface area contributed by atoms with Crippen molar-refractivity contribution in [2.75, 3.05) is 0 Å². The van der Waals surface area contributed by atoms with Crippen LogP contribution in [-0.4, -0.2) is 17.1 Å². The van der Waals surface area contributed by atoms with E-state index in [2.05, 4.69) is 4.98 Å². The molecule has 0 radical (unpaired) electrons. The first-order valence-electron chi connectivity index (χ1n) is 5.30. The van der Waals surface area contributed by atoms with Crippen LogP contribution in [0, 0.1) is 13.8 Å². The third-order valence-corrected chi connectivity index (χ3v) is 3.77. The van der Waals surface area contributed by atoms with Crippen LogP contribution in [-0.2, 0) is 0 Å². The summed E-state index contributed by atoms with van der Waals surface area (Å²) >= 11 is 1.60. The minimum Gasteiger partial charge on any atom is -0.351 e. The number of Topliss-reactive ketones (excluding diaryl/α,β-unsaturated/α-hetero) is 1. The number of aryl methyl sites for hydroxylation is 1. The van der Waals surface area contributed by atoms with E-state index in [0.717, 1.165) is 22.4 Å². The summed E-state index contributed by atoms with van der Waals surface area (Å²) in [5.41, 5.74) is 2.58. The van der Waals surface area contributed by atoms with E-state index in [1.165, 1.54) is 11.8 Å². The molecule has 2 heterocycles. The van der Waals surface area contributed by atoms with Gasteiger partial charge in [-0.25, -0.2) is 0 Å². The van der Waals surface area contributed by atoms with E-state index in [-0.39, 0.29) is 5.78 Å². The van der Waals surface area contributed by atoms with Crippen molar-refractivity contribution in [3.05, 3.63) is 33.8 Å². The van der Waals surface area contributed by atoms with Crippen LogP contribution in [0.15, 0.2) is 12.1 Å². The van der Waals surface area contributed by atoms with Crippen LogP contribution in [0.1, 0.15) is 38.2 Å². The lowest BCUT2D eigenvalue weighted by Crippen LogP contribution is -1.94. The highest BCUT2D eigenvalue weighted by Crippen LogP contribution is 2.31. The zero-order valence-electron chi connectivity index (χ0n) is 9.96. The molecule has 0 saturated heterocycles. The fourth-order valence-corrected chi connectivity index (χ4v) is 2.75. The maximum atomic E-state index is 11.4.